The van der Waals surface area contributed by atoms with Gasteiger partial charge in [-0.2, -0.15) is 0 Å². The molecule has 1 N–H and O–H groups in total. The molecule has 22 heavy (non-hydrogen) atoms. The Kier molecular flexibility index (Phi) is 6.01. The van der Waals surface area contributed by atoms with Gasteiger partial charge in [0.25, 0.3) is 0 Å². The van der Waals surface area contributed by atoms with Crippen LogP contribution < -0.4 is 10.1 Å². The molecule has 0 aliphatic heterocycles. The maximum Gasteiger partial charge on any atom is 0.224 e. The zero-order valence-electron chi connectivity index (χ0n) is 13.3. The van der Waals surface area contributed by atoms with Crippen molar-refractivity contribution in [3.63, 3.8) is 0 Å². The molecule has 2 rings (SSSR count). The Morgan fingerprint density at radius 2 is 1.68 bits per heavy atom. The van der Waals surface area contributed by atoms with Gasteiger partial charge in [-0.3, -0.25) is 4.79 Å². The number of amides is 1. The minimum absolute atomic E-state index is 0.00622. The molecule has 3 heteroatoms. The highest BCUT2D eigenvalue weighted by Crippen LogP contribution is 2.23. The normalized spacial score (nSPS) is 10.3. The molecule has 0 fully saturated rings. The lowest BCUT2D eigenvalue weighted by molar-refractivity contribution is -0.116. The number of anilines is 1. The van der Waals surface area contributed by atoms with Crippen LogP contribution in [-0.2, 0) is 17.6 Å². The highest BCUT2D eigenvalue weighted by molar-refractivity contribution is 5.92. The maximum atomic E-state index is 12.1. The van der Waals surface area contributed by atoms with Gasteiger partial charge in [-0.05, 0) is 43.0 Å². The Labute approximate surface area is 132 Å². The van der Waals surface area contributed by atoms with Crippen LogP contribution >= 0.6 is 0 Å². The molecular formula is C19H23NO2. The van der Waals surface area contributed by atoms with E-state index in [1.165, 1.54) is 11.1 Å². The average molecular weight is 297 g/mol. The number of carbonyl (C=O) groups is 1. The first-order valence-electron chi connectivity index (χ1n) is 7.82. The zero-order chi connectivity index (χ0) is 15.8. The van der Waals surface area contributed by atoms with Crippen LogP contribution in [0.15, 0.2) is 48.5 Å². The molecule has 0 unspecified atom stereocenters. The van der Waals surface area contributed by atoms with Crippen LogP contribution in [0.4, 0.5) is 5.69 Å². The number of hydrogen-bond donors (Lipinski definition) is 1. The molecule has 116 valence electrons. The highest BCUT2D eigenvalue weighted by atomic mass is 16.5. The van der Waals surface area contributed by atoms with Gasteiger partial charge in [0.15, 0.2) is 0 Å². The number of para-hydroxylation sites is 2. The minimum atomic E-state index is 0.00622. The number of rotatable bonds is 7. The molecule has 0 aliphatic carbocycles. The SMILES string of the molecule is CCOc1ccccc1NC(=O)CCc1ccc(CC)cc1. The highest BCUT2D eigenvalue weighted by Gasteiger charge is 2.07. The zero-order valence-corrected chi connectivity index (χ0v) is 13.3. The van der Waals surface area contributed by atoms with Crippen LogP contribution in [0.25, 0.3) is 0 Å². The van der Waals surface area contributed by atoms with Crippen molar-refractivity contribution in [1.82, 2.24) is 0 Å². The maximum absolute atomic E-state index is 12.1. The van der Waals surface area contributed by atoms with Crippen LogP contribution in [0.2, 0.25) is 0 Å². The van der Waals surface area contributed by atoms with Crippen molar-refractivity contribution >= 4 is 11.6 Å². The van der Waals surface area contributed by atoms with Crippen molar-refractivity contribution in [2.45, 2.75) is 33.1 Å². The van der Waals surface area contributed by atoms with Crippen molar-refractivity contribution in [3.8, 4) is 5.75 Å². The first-order valence-corrected chi connectivity index (χ1v) is 7.82. The van der Waals surface area contributed by atoms with E-state index >= 15 is 0 Å². The molecule has 1 amide bonds. The third-order valence-corrected chi connectivity index (χ3v) is 3.53. The molecule has 2 aromatic rings. The fourth-order valence-electron chi connectivity index (χ4n) is 2.26. The molecule has 0 heterocycles. The first kappa shape index (κ1) is 16.1. The van der Waals surface area contributed by atoms with Gasteiger partial charge in [0.2, 0.25) is 5.91 Å². The quantitative estimate of drug-likeness (QED) is 0.831. The molecule has 0 aromatic heterocycles. The van der Waals surface area contributed by atoms with Crippen molar-refractivity contribution in [1.29, 1.82) is 0 Å². The molecule has 2 aromatic carbocycles. The molecule has 0 atom stereocenters. The number of carbonyl (C=O) groups excluding carboxylic acids is 1. The summed E-state index contributed by atoms with van der Waals surface area (Å²) in [6.07, 6.45) is 2.24. The Morgan fingerprint density at radius 1 is 1.00 bits per heavy atom. The Morgan fingerprint density at radius 3 is 2.36 bits per heavy atom. The van der Waals surface area contributed by atoms with Crippen LogP contribution in [0, 0.1) is 0 Å². The fraction of sp³-hybridized carbons (Fsp3) is 0.316. The summed E-state index contributed by atoms with van der Waals surface area (Å²) in [6.45, 7) is 4.65. The van der Waals surface area contributed by atoms with Gasteiger partial charge in [-0.1, -0.05) is 43.3 Å². The lowest BCUT2D eigenvalue weighted by atomic mass is 10.1. The predicted molar refractivity (Wildman–Crippen MR) is 90.4 cm³/mol. The van der Waals surface area contributed by atoms with Gasteiger partial charge >= 0.3 is 0 Å². The molecule has 0 saturated heterocycles. The van der Waals surface area contributed by atoms with Gasteiger partial charge in [0, 0.05) is 6.42 Å². The van der Waals surface area contributed by atoms with Crippen LogP contribution in [0.1, 0.15) is 31.4 Å². The van der Waals surface area contributed by atoms with Gasteiger partial charge < -0.3 is 10.1 Å². The second kappa shape index (κ2) is 8.23. The number of aryl methyl sites for hydroxylation is 2. The van der Waals surface area contributed by atoms with Crippen molar-refractivity contribution < 1.29 is 9.53 Å². The standard InChI is InChI=1S/C19H23NO2/c1-3-15-9-11-16(12-10-15)13-14-19(21)20-17-7-5-6-8-18(17)22-4-2/h5-12H,3-4,13-14H2,1-2H3,(H,20,21). The summed E-state index contributed by atoms with van der Waals surface area (Å²) in [6, 6.07) is 16.0. The third-order valence-electron chi connectivity index (χ3n) is 3.53. The van der Waals surface area contributed by atoms with E-state index in [9.17, 15) is 4.79 Å². The minimum Gasteiger partial charge on any atom is -0.492 e. The van der Waals surface area contributed by atoms with E-state index in [1.54, 1.807) is 0 Å². The summed E-state index contributed by atoms with van der Waals surface area (Å²) < 4.78 is 5.51. The summed E-state index contributed by atoms with van der Waals surface area (Å²) in [7, 11) is 0. The van der Waals surface area contributed by atoms with E-state index in [2.05, 4.69) is 36.5 Å². The van der Waals surface area contributed by atoms with E-state index < -0.39 is 0 Å². The fourth-order valence-corrected chi connectivity index (χ4v) is 2.26. The van der Waals surface area contributed by atoms with Crippen LogP contribution in [-0.4, -0.2) is 12.5 Å². The molecular weight excluding hydrogens is 274 g/mol. The molecule has 0 radical (unpaired) electrons. The Bertz CT molecular complexity index is 605. The monoisotopic (exact) mass is 297 g/mol. The summed E-state index contributed by atoms with van der Waals surface area (Å²) in [5, 5.41) is 2.92. The molecule has 0 spiro atoms. The number of ether oxygens (including phenoxy) is 1. The summed E-state index contributed by atoms with van der Waals surface area (Å²) >= 11 is 0. The van der Waals surface area contributed by atoms with E-state index in [1.807, 2.05) is 31.2 Å². The van der Waals surface area contributed by atoms with E-state index in [4.69, 9.17) is 4.74 Å². The second-order valence-corrected chi connectivity index (χ2v) is 5.15. The summed E-state index contributed by atoms with van der Waals surface area (Å²) in [5.74, 6) is 0.720. The van der Waals surface area contributed by atoms with Gasteiger partial charge in [-0.25, -0.2) is 0 Å². The smallest absolute Gasteiger partial charge is 0.224 e. The predicted octanol–water partition coefficient (Wildman–Crippen LogP) is 4.22. The number of nitrogens with one attached hydrogen (secondary N) is 1. The van der Waals surface area contributed by atoms with Crippen molar-refractivity contribution in [3.05, 3.63) is 59.7 Å². The molecule has 0 aliphatic rings. The molecule has 3 nitrogen and oxygen atoms in total. The lowest BCUT2D eigenvalue weighted by Crippen LogP contribution is -2.13. The lowest BCUT2D eigenvalue weighted by Gasteiger charge is -2.11. The average Bonchev–Trinajstić information content (AvgIpc) is 2.55. The van der Waals surface area contributed by atoms with E-state index in [0.29, 0.717) is 18.8 Å². The molecule has 0 bridgehead atoms. The third kappa shape index (κ3) is 4.62. The van der Waals surface area contributed by atoms with Crippen molar-refractivity contribution in [2.24, 2.45) is 0 Å². The second-order valence-electron chi connectivity index (χ2n) is 5.15. The van der Waals surface area contributed by atoms with Crippen molar-refractivity contribution in [2.75, 3.05) is 11.9 Å². The first-order chi connectivity index (χ1) is 10.7. The van der Waals surface area contributed by atoms with Crippen LogP contribution in [0.5, 0.6) is 5.75 Å². The molecule has 0 saturated carbocycles. The van der Waals surface area contributed by atoms with Gasteiger partial charge in [-0.15, -0.1) is 0 Å². The Balaban J connectivity index is 1.90. The number of benzene rings is 2. The Hall–Kier alpha value is -2.29. The largest absolute Gasteiger partial charge is 0.492 e. The van der Waals surface area contributed by atoms with Crippen LogP contribution in [0.3, 0.4) is 0 Å². The van der Waals surface area contributed by atoms with Gasteiger partial charge in [0.1, 0.15) is 5.75 Å². The van der Waals surface area contributed by atoms with E-state index in [-0.39, 0.29) is 5.91 Å². The van der Waals surface area contributed by atoms with Gasteiger partial charge in [0.05, 0.1) is 12.3 Å². The summed E-state index contributed by atoms with van der Waals surface area (Å²) in [4.78, 5) is 12.1. The topological polar surface area (TPSA) is 38.3 Å². The number of hydrogen-bond acceptors (Lipinski definition) is 2. The van der Waals surface area contributed by atoms with E-state index in [0.717, 1.165) is 18.5 Å². The summed E-state index contributed by atoms with van der Waals surface area (Å²) in [5.41, 5.74) is 3.24.